The molecule has 0 aliphatic carbocycles. The van der Waals surface area contributed by atoms with Crippen LogP contribution in [-0.2, 0) is 4.79 Å². The van der Waals surface area contributed by atoms with Crippen molar-refractivity contribution in [2.45, 2.75) is 12.0 Å². The van der Waals surface area contributed by atoms with Gasteiger partial charge in [-0.25, -0.2) is 24.6 Å². The molecule has 0 radical (unpaired) electrons. The monoisotopic (exact) mass is 385 g/mol. The molecule has 0 bridgehead atoms. The number of anilines is 1. The number of imide groups is 1. The number of rotatable bonds is 1. The number of hydrazine groups is 1. The van der Waals surface area contributed by atoms with E-state index in [2.05, 4.69) is 31.0 Å². The highest BCUT2D eigenvalue weighted by Crippen LogP contribution is 2.30. The van der Waals surface area contributed by atoms with Gasteiger partial charge in [0.25, 0.3) is 5.91 Å². The highest BCUT2D eigenvalue weighted by molar-refractivity contribution is 6.30. The molecule has 0 aromatic carbocycles. The first-order valence-electron chi connectivity index (χ1n) is 7.21. The fraction of sp³-hybridized carbons (Fsp3) is 0.308. The summed E-state index contributed by atoms with van der Waals surface area (Å²) in [4.78, 5) is 35.1. The van der Waals surface area contributed by atoms with Crippen LogP contribution >= 0.6 is 23.2 Å². The van der Waals surface area contributed by atoms with Gasteiger partial charge in [0, 0.05) is 25.7 Å². The van der Waals surface area contributed by atoms with E-state index in [1.54, 1.807) is 5.01 Å². The van der Waals surface area contributed by atoms with Gasteiger partial charge in [-0.3, -0.25) is 15.1 Å². The predicted octanol–water partition coefficient (Wildman–Crippen LogP) is 0.764. The van der Waals surface area contributed by atoms with Crippen molar-refractivity contribution in [3.05, 3.63) is 22.5 Å². The molecule has 1 atom stereocenters. The molecule has 2 saturated heterocycles. The Morgan fingerprint density at radius 3 is 2.72 bits per heavy atom. The second-order valence-electron chi connectivity index (χ2n) is 5.67. The Hall–Kier alpha value is -2.30. The summed E-state index contributed by atoms with van der Waals surface area (Å²) < 4.78 is 14.2. The van der Waals surface area contributed by atoms with E-state index in [4.69, 9.17) is 23.2 Å². The van der Waals surface area contributed by atoms with Gasteiger partial charge >= 0.3 is 6.03 Å². The van der Waals surface area contributed by atoms with E-state index in [1.165, 1.54) is 6.20 Å². The Bertz CT molecular complexity index is 917. The molecule has 2 fully saturated rings. The number of carbonyl (C=O) groups is 2. The summed E-state index contributed by atoms with van der Waals surface area (Å²) in [5, 5.41) is 6.28. The number of pyridine rings is 1. The van der Waals surface area contributed by atoms with Gasteiger partial charge in [-0.15, -0.1) is 0 Å². The molecule has 12 heteroatoms. The average Bonchev–Trinajstić information content (AvgIpc) is 2.85. The Balaban J connectivity index is 1.69. The lowest BCUT2D eigenvalue weighted by Crippen LogP contribution is -2.63. The van der Waals surface area contributed by atoms with Gasteiger partial charge in [0.15, 0.2) is 16.8 Å². The fourth-order valence-corrected chi connectivity index (χ4v) is 3.21. The maximum absolute atomic E-state index is 14.2. The fourth-order valence-electron chi connectivity index (χ4n) is 2.91. The van der Waals surface area contributed by atoms with Gasteiger partial charge in [-0.05, 0) is 11.6 Å². The third-order valence-electron chi connectivity index (χ3n) is 4.20. The summed E-state index contributed by atoms with van der Waals surface area (Å²) in [6.45, 7) is 0.442. The molecular weight excluding hydrogens is 376 g/mol. The van der Waals surface area contributed by atoms with Gasteiger partial charge in [0.1, 0.15) is 11.1 Å². The number of carbonyl (C=O) groups excluding carboxylic acids is 2. The lowest BCUT2D eigenvalue weighted by molar-refractivity contribution is -0.124. The molecule has 1 spiro atoms. The minimum absolute atomic E-state index is 0.0519. The van der Waals surface area contributed by atoms with E-state index >= 15 is 0 Å². The molecule has 130 valence electrons. The number of fused-ring (bicyclic) bond motifs is 1. The lowest BCUT2D eigenvalue weighted by atomic mass is 9.94. The molecule has 3 amide bonds. The Morgan fingerprint density at radius 1 is 1.28 bits per heavy atom. The largest absolute Gasteiger partial charge is 0.322 e. The Kier molecular flexibility index (Phi) is 3.63. The Labute approximate surface area is 149 Å². The van der Waals surface area contributed by atoms with Crippen molar-refractivity contribution in [1.29, 1.82) is 0 Å². The van der Waals surface area contributed by atoms with E-state index < -0.39 is 23.3 Å². The van der Waals surface area contributed by atoms with Gasteiger partial charge in [0.05, 0.1) is 5.39 Å². The smallest absolute Gasteiger partial charge is 0.322 e. The minimum atomic E-state index is -1.02. The molecular formula is C13H10Cl2FN7O2. The van der Waals surface area contributed by atoms with Crippen LogP contribution in [0.5, 0.6) is 0 Å². The maximum atomic E-state index is 14.2. The standard InChI is InChI=1S/C13H10Cl2FN7O2/c14-8-6(16)7-5(3-17-8)9(20-11(15)19-7)23-2-1-13(4-18-23)10(24)21-12(25)22-13/h3,18H,1-2,4H2,(H2,21,22,24,25). The summed E-state index contributed by atoms with van der Waals surface area (Å²) in [6.07, 6.45) is 1.67. The van der Waals surface area contributed by atoms with Gasteiger partial charge in [-0.2, -0.15) is 4.98 Å². The first-order chi connectivity index (χ1) is 11.9. The Morgan fingerprint density at radius 2 is 2.08 bits per heavy atom. The number of urea groups is 1. The summed E-state index contributed by atoms with van der Waals surface area (Å²) in [6, 6.07) is -0.531. The van der Waals surface area contributed by atoms with Crippen molar-refractivity contribution in [3.63, 3.8) is 0 Å². The maximum Gasteiger partial charge on any atom is 0.322 e. The van der Waals surface area contributed by atoms with Crippen LogP contribution in [0.25, 0.3) is 10.9 Å². The van der Waals surface area contributed by atoms with Crippen LogP contribution in [0.1, 0.15) is 6.42 Å². The average molecular weight is 386 g/mol. The second-order valence-corrected chi connectivity index (χ2v) is 6.36. The molecule has 2 aromatic rings. The van der Waals surface area contributed by atoms with Crippen molar-refractivity contribution >= 4 is 51.9 Å². The first-order valence-corrected chi connectivity index (χ1v) is 7.97. The van der Waals surface area contributed by atoms with E-state index in [1.807, 2.05) is 0 Å². The van der Waals surface area contributed by atoms with E-state index in [0.29, 0.717) is 24.2 Å². The topological polar surface area (TPSA) is 112 Å². The van der Waals surface area contributed by atoms with Crippen LogP contribution in [0.2, 0.25) is 10.4 Å². The van der Waals surface area contributed by atoms with Crippen LogP contribution < -0.4 is 21.1 Å². The summed E-state index contributed by atoms with van der Waals surface area (Å²) >= 11 is 11.6. The summed E-state index contributed by atoms with van der Waals surface area (Å²) in [7, 11) is 0. The predicted molar refractivity (Wildman–Crippen MR) is 86.7 cm³/mol. The third kappa shape index (κ3) is 2.53. The highest BCUT2D eigenvalue weighted by Gasteiger charge is 2.48. The lowest BCUT2D eigenvalue weighted by Gasteiger charge is -2.38. The van der Waals surface area contributed by atoms with Gasteiger partial charge in [0.2, 0.25) is 5.28 Å². The zero-order valence-electron chi connectivity index (χ0n) is 12.4. The normalized spacial score (nSPS) is 23.2. The second kappa shape index (κ2) is 5.61. The molecule has 2 aromatic heterocycles. The number of hydrogen-bond acceptors (Lipinski definition) is 7. The molecule has 4 rings (SSSR count). The van der Waals surface area contributed by atoms with Gasteiger partial charge < -0.3 is 5.32 Å². The van der Waals surface area contributed by atoms with Crippen LogP contribution in [0.4, 0.5) is 15.0 Å². The van der Waals surface area contributed by atoms with Crippen LogP contribution in [0.15, 0.2) is 6.20 Å². The molecule has 2 aliphatic heterocycles. The van der Waals surface area contributed by atoms with Crippen LogP contribution in [0.3, 0.4) is 0 Å². The molecule has 9 nitrogen and oxygen atoms in total. The zero-order chi connectivity index (χ0) is 17.8. The number of amides is 3. The van der Waals surface area contributed by atoms with Crippen molar-refractivity contribution in [3.8, 4) is 0 Å². The summed E-state index contributed by atoms with van der Waals surface area (Å²) in [5.74, 6) is -0.881. The molecule has 2 aliphatic rings. The first kappa shape index (κ1) is 16.2. The van der Waals surface area contributed by atoms with Gasteiger partial charge in [-0.1, -0.05) is 11.6 Å². The van der Waals surface area contributed by atoms with Crippen LogP contribution in [0, 0.1) is 5.82 Å². The molecule has 1 unspecified atom stereocenters. The number of hydrogen-bond donors (Lipinski definition) is 3. The number of nitrogens with zero attached hydrogens (tertiary/aromatic N) is 4. The SMILES string of the molecule is O=C1NC(=O)C2(CCN(c3nc(Cl)nc4c(F)c(Cl)ncc34)NC2)N1. The van der Waals surface area contributed by atoms with E-state index in [0.717, 1.165) is 0 Å². The quantitative estimate of drug-likeness (QED) is 0.377. The van der Waals surface area contributed by atoms with Crippen molar-refractivity contribution in [2.75, 3.05) is 18.1 Å². The zero-order valence-corrected chi connectivity index (χ0v) is 13.9. The number of aromatic nitrogens is 3. The highest BCUT2D eigenvalue weighted by atomic mass is 35.5. The van der Waals surface area contributed by atoms with E-state index in [9.17, 15) is 14.0 Å². The summed E-state index contributed by atoms with van der Waals surface area (Å²) in [5.41, 5.74) is 1.93. The third-order valence-corrected chi connectivity index (χ3v) is 4.63. The number of halogens is 3. The van der Waals surface area contributed by atoms with Crippen molar-refractivity contribution in [2.24, 2.45) is 0 Å². The molecule has 0 saturated carbocycles. The van der Waals surface area contributed by atoms with E-state index in [-0.39, 0.29) is 22.5 Å². The number of nitrogens with one attached hydrogen (secondary N) is 3. The molecule has 3 N–H and O–H groups in total. The van der Waals surface area contributed by atoms with Crippen molar-refractivity contribution < 1.29 is 14.0 Å². The molecule has 4 heterocycles. The van der Waals surface area contributed by atoms with Crippen molar-refractivity contribution in [1.82, 2.24) is 31.0 Å². The molecule has 25 heavy (non-hydrogen) atoms. The van der Waals surface area contributed by atoms with Crippen LogP contribution in [-0.4, -0.2) is 45.5 Å². The minimum Gasteiger partial charge on any atom is -0.322 e.